The monoisotopic (exact) mass is 237 g/mol. The molecular formula is C13H23N3O. The number of hydrogen-bond acceptors (Lipinski definition) is 3. The standard InChI is InChI=1S/C13H23N3O/c17-12(15-11-1-2-11)9-16-8-5-13(10-16)3-6-14-7-4-13/h11,14H,1-10H2,(H,15,17). The summed E-state index contributed by atoms with van der Waals surface area (Å²) in [5.74, 6) is 0.235. The molecule has 1 amide bonds. The fourth-order valence-electron chi connectivity index (χ4n) is 3.23. The summed E-state index contributed by atoms with van der Waals surface area (Å²) in [7, 11) is 0. The van der Waals surface area contributed by atoms with Crippen LogP contribution in [0.3, 0.4) is 0 Å². The van der Waals surface area contributed by atoms with Gasteiger partial charge in [0, 0.05) is 12.6 Å². The molecule has 2 N–H and O–H groups in total. The topological polar surface area (TPSA) is 44.4 Å². The molecular weight excluding hydrogens is 214 g/mol. The zero-order chi connectivity index (χ0) is 11.7. The number of carbonyl (C=O) groups excluding carboxylic acids is 1. The van der Waals surface area contributed by atoms with Crippen molar-refractivity contribution in [3.8, 4) is 0 Å². The van der Waals surface area contributed by atoms with Gasteiger partial charge in [0.1, 0.15) is 0 Å². The van der Waals surface area contributed by atoms with Gasteiger partial charge in [0.15, 0.2) is 0 Å². The summed E-state index contributed by atoms with van der Waals surface area (Å²) in [6.07, 6.45) is 6.22. The molecule has 0 atom stereocenters. The molecule has 0 aromatic carbocycles. The molecule has 4 nitrogen and oxygen atoms in total. The van der Waals surface area contributed by atoms with Crippen molar-refractivity contribution >= 4 is 5.91 Å². The highest BCUT2D eigenvalue weighted by molar-refractivity contribution is 5.78. The van der Waals surface area contributed by atoms with Crippen LogP contribution in [0.25, 0.3) is 0 Å². The Kier molecular flexibility index (Phi) is 3.09. The van der Waals surface area contributed by atoms with Gasteiger partial charge in [-0.05, 0) is 57.2 Å². The molecule has 3 fully saturated rings. The average molecular weight is 237 g/mol. The molecule has 2 aliphatic heterocycles. The van der Waals surface area contributed by atoms with Gasteiger partial charge in [-0.3, -0.25) is 9.69 Å². The highest BCUT2D eigenvalue weighted by Crippen LogP contribution is 2.38. The minimum Gasteiger partial charge on any atom is -0.352 e. The van der Waals surface area contributed by atoms with E-state index >= 15 is 0 Å². The largest absolute Gasteiger partial charge is 0.352 e. The molecule has 2 heterocycles. The quantitative estimate of drug-likeness (QED) is 0.744. The molecule has 0 aromatic rings. The van der Waals surface area contributed by atoms with Gasteiger partial charge in [0.2, 0.25) is 5.91 Å². The SMILES string of the molecule is O=C(CN1CCC2(CCNCC2)C1)NC1CC1. The minimum atomic E-state index is 0.235. The molecule has 0 bridgehead atoms. The Morgan fingerprint density at radius 2 is 2.06 bits per heavy atom. The Morgan fingerprint density at radius 1 is 1.29 bits per heavy atom. The third-order valence-electron chi connectivity index (χ3n) is 4.49. The zero-order valence-electron chi connectivity index (χ0n) is 10.5. The van der Waals surface area contributed by atoms with Crippen LogP contribution in [0.1, 0.15) is 32.1 Å². The molecule has 0 aromatic heterocycles. The summed E-state index contributed by atoms with van der Waals surface area (Å²) in [4.78, 5) is 14.1. The highest BCUT2D eigenvalue weighted by atomic mass is 16.2. The molecule has 0 unspecified atom stereocenters. The lowest BCUT2D eigenvalue weighted by Gasteiger charge is -2.33. The van der Waals surface area contributed by atoms with E-state index in [1.54, 1.807) is 0 Å². The highest BCUT2D eigenvalue weighted by Gasteiger charge is 2.39. The normalized spacial score (nSPS) is 28.5. The van der Waals surface area contributed by atoms with Crippen LogP contribution >= 0.6 is 0 Å². The summed E-state index contributed by atoms with van der Waals surface area (Å²) in [5.41, 5.74) is 0.519. The van der Waals surface area contributed by atoms with Crippen molar-refractivity contribution in [3.05, 3.63) is 0 Å². The Morgan fingerprint density at radius 3 is 2.76 bits per heavy atom. The Hall–Kier alpha value is -0.610. The first-order valence-electron chi connectivity index (χ1n) is 6.98. The van der Waals surface area contributed by atoms with E-state index in [2.05, 4.69) is 15.5 Å². The van der Waals surface area contributed by atoms with Crippen LogP contribution in [0.15, 0.2) is 0 Å². The second kappa shape index (κ2) is 4.58. The van der Waals surface area contributed by atoms with Gasteiger partial charge in [-0.25, -0.2) is 0 Å². The number of nitrogens with one attached hydrogen (secondary N) is 2. The molecule has 17 heavy (non-hydrogen) atoms. The molecule has 1 aliphatic carbocycles. The van der Waals surface area contributed by atoms with Crippen LogP contribution in [-0.2, 0) is 4.79 Å². The predicted molar refractivity (Wildman–Crippen MR) is 66.8 cm³/mol. The Bertz CT molecular complexity index is 295. The number of amides is 1. The van der Waals surface area contributed by atoms with Crippen molar-refractivity contribution in [1.82, 2.24) is 15.5 Å². The van der Waals surface area contributed by atoms with Crippen LogP contribution in [0.2, 0.25) is 0 Å². The molecule has 3 aliphatic rings. The maximum atomic E-state index is 11.8. The number of hydrogen-bond donors (Lipinski definition) is 2. The van der Waals surface area contributed by atoms with Crippen LogP contribution in [0, 0.1) is 5.41 Å². The summed E-state index contributed by atoms with van der Waals surface area (Å²) in [6.45, 7) is 5.17. The number of likely N-dealkylation sites (tertiary alicyclic amines) is 1. The second-order valence-electron chi connectivity index (χ2n) is 6.05. The third kappa shape index (κ3) is 2.80. The predicted octanol–water partition coefficient (Wildman–Crippen LogP) is 0.341. The van der Waals surface area contributed by atoms with Gasteiger partial charge in [-0.15, -0.1) is 0 Å². The van der Waals surface area contributed by atoms with Crippen molar-refractivity contribution in [3.63, 3.8) is 0 Å². The lowest BCUT2D eigenvalue weighted by atomic mass is 9.78. The fraction of sp³-hybridized carbons (Fsp3) is 0.923. The van der Waals surface area contributed by atoms with E-state index in [1.807, 2.05) is 0 Å². The van der Waals surface area contributed by atoms with Gasteiger partial charge < -0.3 is 10.6 Å². The van der Waals surface area contributed by atoms with Gasteiger partial charge in [0.25, 0.3) is 0 Å². The van der Waals surface area contributed by atoms with Crippen LogP contribution in [0.4, 0.5) is 0 Å². The lowest BCUT2D eigenvalue weighted by Crippen LogP contribution is -2.41. The van der Waals surface area contributed by atoms with Crippen molar-refractivity contribution in [2.45, 2.75) is 38.1 Å². The first kappa shape index (κ1) is 11.5. The third-order valence-corrected chi connectivity index (χ3v) is 4.49. The van der Waals surface area contributed by atoms with Gasteiger partial charge in [-0.2, -0.15) is 0 Å². The summed E-state index contributed by atoms with van der Waals surface area (Å²) < 4.78 is 0. The van der Waals surface area contributed by atoms with Crippen LogP contribution in [0.5, 0.6) is 0 Å². The molecule has 2 saturated heterocycles. The lowest BCUT2D eigenvalue weighted by molar-refractivity contribution is -0.122. The summed E-state index contributed by atoms with van der Waals surface area (Å²) in [5, 5.41) is 6.51. The number of nitrogens with zero attached hydrogens (tertiary/aromatic N) is 1. The molecule has 4 heteroatoms. The molecule has 0 radical (unpaired) electrons. The van der Waals surface area contributed by atoms with Crippen molar-refractivity contribution in [1.29, 1.82) is 0 Å². The van der Waals surface area contributed by atoms with E-state index in [9.17, 15) is 4.79 Å². The van der Waals surface area contributed by atoms with Gasteiger partial charge in [-0.1, -0.05) is 0 Å². The zero-order valence-corrected chi connectivity index (χ0v) is 10.5. The van der Waals surface area contributed by atoms with Crippen LogP contribution < -0.4 is 10.6 Å². The van der Waals surface area contributed by atoms with E-state index in [0.29, 0.717) is 18.0 Å². The van der Waals surface area contributed by atoms with Gasteiger partial charge in [0.05, 0.1) is 6.54 Å². The fourth-order valence-corrected chi connectivity index (χ4v) is 3.23. The molecule has 96 valence electrons. The molecule has 3 rings (SSSR count). The smallest absolute Gasteiger partial charge is 0.234 e. The van der Waals surface area contributed by atoms with E-state index in [4.69, 9.17) is 0 Å². The molecule has 1 spiro atoms. The van der Waals surface area contributed by atoms with E-state index in [-0.39, 0.29) is 5.91 Å². The molecule has 1 saturated carbocycles. The van der Waals surface area contributed by atoms with E-state index in [0.717, 1.165) is 26.2 Å². The van der Waals surface area contributed by atoms with Crippen molar-refractivity contribution in [2.24, 2.45) is 5.41 Å². The summed E-state index contributed by atoms with van der Waals surface area (Å²) in [6, 6.07) is 0.498. The Labute approximate surface area is 103 Å². The van der Waals surface area contributed by atoms with Crippen LogP contribution in [-0.4, -0.2) is 49.6 Å². The van der Waals surface area contributed by atoms with Crippen molar-refractivity contribution < 1.29 is 4.79 Å². The average Bonchev–Trinajstić information content (AvgIpc) is 3.04. The first-order chi connectivity index (χ1) is 8.26. The number of carbonyl (C=O) groups is 1. The number of piperidine rings is 1. The van der Waals surface area contributed by atoms with E-state index in [1.165, 1.54) is 32.1 Å². The van der Waals surface area contributed by atoms with Crippen molar-refractivity contribution in [2.75, 3.05) is 32.7 Å². The minimum absolute atomic E-state index is 0.235. The maximum Gasteiger partial charge on any atom is 0.234 e. The van der Waals surface area contributed by atoms with Gasteiger partial charge >= 0.3 is 0 Å². The van der Waals surface area contributed by atoms with E-state index < -0.39 is 0 Å². The Balaban J connectivity index is 1.47. The summed E-state index contributed by atoms with van der Waals surface area (Å²) >= 11 is 0. The maximum absolute atomic E-state index is 11.8. The first-order valence-corrected chi connectivity index (χ1v) is 6.98. The second-order valence-corrected chi connectivity index (χ2v) is 6.05. The number of rotatable bonds is 3.